The van der Waals surface area contributed by atoms with Crippen LogP contribution in [0.15, 0.2) is 24.3 Å². The van der Waals surface area contributed by atoms with Crippen molar-refractivity contribution in [3.05, 3.63) is 35.4 Å². The molecule has 2 rings (SSSR count). The Kier molecular flexibility index (Phi) is 2.73. The Labute approximate surface area is 89.1 Å². The molecule has 0 aromatic heterocycles. The SMILES string of the molecule is CNC(C(=O)O)c1cccc(C2CC2)c1. The van der Waals surface area contributed by atoms with E-state index in [-0.39, 0.29) is 0 Å². The summed E-state index contributed by atoms with van der Waals surface area (Å²) in [5.41, 5.74) is 2.11. The average molecular weight is 205 g/mol. The average Bonchev–Trinajstić information content (AvgIpc) is 3.02. The van der Waals surface area contributed by atoms with Gasteiger partial charge in [0.2, 0.25) is 0 Å². The number of carbonyl (C=O) groups is 1. The number of nitrogens with one attached hydrogen (secondary N) is 1. The number of likely N-dealkylation sites (N-methyl/N-ethyl adjacent to an activating group) is 1. The summed E-state index contributed by atoms with van der Waals surface area (Å²) in [4.78, 5) is 11.0. The van der Waals surface area contributed by atoms with Crippen LogP contribution in [0.4, 0.5) is 0 Å². The molecular formula is C12H15NO2. The highest BCUT2D eigenvalue weighted by Crippen LogP contribution is 2.40. The van der Waals surface area contributed by atoms with E-state index in [4.69, 9.17) is 5.11 Å². The van der Waals surface area contributed by atoms with Crippen molar-refractivity contribution in [2.24, 2.45) is 0 Å². The highest BCUT2D eigenvalue weighted by Gasteiger charge is 2.25. The highest BCUT2D eigenvalue weighted by atomic mass is 16.4. The molecule has 0 radical (unpaired) electrons. The van der Waals surface area contributed by atoms with E-state index >= 15 is 0 Å². The monoisotopic (exact) mass is 205 g/mol. The summed E-state index contributed by atoms with van der Waals surface area (Å²) in [6.07, 6.45) is 2.47. The Morgan fingerprint density at radius 1 is 1.53 bits per heavy atom. The van der Waals surface area contributed by atoms with E-state index < -0.39 is 12.0 Å². The molecule has 0 saturated heterocycles. The first-order valence-electron chi connectivity index (χ1n) is 5.22. The summed E-state index contributed by atoms with van der Waals surface area (Å²) in [7, 11) is 1.67. The van der Waals surface area contributed by atoms with Crippen LogP contribution >= 0.6 is 0 Å². The molecule has 1 unspecified atom stereocenters. The maximum atomic E-state index is 11.0. The molecule has 0 spiro atoms. The molecule has 0 aliphatic heterocycles. The lowest BCUT2D eigenvalue weighted by molar-refractivity contribution is -0.139. The number of carboxylic acids is 1. The molecule has 0 amide bonds. The van der Waals surface area contributed by atoms with E-state index in [1.807, 2.05) is 18.2 Å². The molecule has 3 nitrogen and oxygen atoms in total. The number of aliphatic carboxylic acids is 1. The second-order valence-electron chi connectivity index (χ2n) is 4.00. The third-order valence-electron chi connectivity index (χ3n) is 2.83. The minimum atomic E-state index is -0.828. The van der Waals surface area contributed by atoms with Gasteiger partial charge in [-0.2, -0.15) is 0 Å². The second kappa shape index (κ2) is 4.03. The largest absolute Gasteiger partial charge is 0.480 e. The van der Waals surface area contributed by atoms with E-state index in [0.717, 1.165) is 5.56 Å². The molecule has 0 bridgehead atoms. The van der Waals surface area contributed by atoms with Crippen molar-refractivity contribution in [3.8, 4) is 0 Å². The van der Waals surface area contributed by atoms with Gasteiger partial charge in [-0.3, -0.25) is 4.79 Å². The van der Waals surface area contributed by atoms with Gasteiger partial charge in [-0.05, 0) is 36.9 Å². The van der Waals surface area contributed by atoms with Gasteiger partial charge in [0.1, 0.15) is 6.04 Å². The van der Waals surface area contributed by atoms with Crippen LogP contribution in [0, 0.1) is 0 Å². The number of rotatable bonds is 4. The molecule has 80 valence electrons. The first kappa shape index (κ1) is 10.2. The Bertz CT molecular complexity index is 372. The van der Waals surface area contributed by atoms with Crippen LogP contribution in [-0.2, 0) is 4.79 Å². The van der Waals surface area contributed by atoms with Crippen LogP contribution < -0.4 is 5.32 Å². The fraction of sp³-hybridized carbons (Fsp3) is 0.417. The predicted octanol–water partition coefficient (Wildman–Crippen LogP) is 1.91. The van der Waals surface area contributed by atoms with Gasteiger partial charge in [0.05, 0.1) is 0 Å². The van der Waals surface area contributed by atoms with Gasteiger partial charge in [-0.15, -0.1) is 0 Å². The summed E-state index contributed by atoms with van der Waals surface area (Å²) in [6, 6.07) is 7.30. The van der Waals surface area contributed by atoms with Gasteiger partial charge in [0.15, 0.2) is 0 Å². The number of benzene rings is 1. The minimum absolute atomic E-state index is 0.594. The van der Waals surface area contributed by atoms with E-state index in [9.17, 15) is 4.79 Å². The van der Waals surface area contributed by atoms with Gasteiger partial charge in [-0.1, -0.05) is 24.3 Å². The van der Waals surface area contributed by atoms with Crippen LogP contribution in [0.2, 0.25) is 0 Å². The normalized spacial score (nSPS) is 17.4. The molecule has 1 aliphatic rings. The molecule has 2 N–H and O–H groups in total. The fourth-order valence-corrected chi connectivity index (χ4v) is 1.84. The molecule has 1 atom stereocenters. The van der Waals surface area contributed by atoms with Crippen LogP contribution in [-0.4, -0.2) is 18.1 Å². The molecule has 1 aromatic carbocycles. The van der Waals surface area contributed by atoms with Crippen molar-refractivity contribution in [1.29, 1.82) is 0 Å². The zero-order chi connectivity index (χ0) is 10.8. The highest BCUT2D eigenvalue weighted by molar-refractivity contribution is 5.75. The maximum Gasteiger partial charge on any atom is 0.325 e. The van der Waals surface area contributed by atoms with Gasteiger partial charge in [-0.25, -0.2) is 0 Å². The van der Waals surface area contributed by atoms with Gasteiger partial charge in [0.25, 0.3) is 0 Å². The molecular weight excluding hydrogens is 190 g/mol. The zero-order valence-corrected chi connectivity index (χ0v) is 8.73. The Morgan fingerprint density at radius 2 is 2.27 bits per heavy atom. The zero-order valence-electron chi connectivity index (χ0n) is 8.73. The van der Waals surface area contributed by atoms with Crippen molar-refractivity contribution in [1.82, 2.24) is 5.32 Å². The Hall–Kier alpha value is -1.35. The standard InChI is InChI=1S/C12H15NO2/c1-13-11(12(14)15)10-4-2-3-9(7-10)8-5-6-8/h2-4,7-8,11,13H,5-6H2,1H3,(H,14,15). The minimum Gasteiger partial charge on any atom is -0.480 e. The van der Waals surface area contributed by atoms with E-state index in [1.54, 1.807) is 7.05 Å². The molecule has 1 fully saturated rings. The molecule has 1 saturated carbocycles. The maximum absolute atomic E-state index is 11.0. The van der Waals surface area contributed by atoms with E-state index in [0.29, 0.717) is 5.92 Å². The van der Waals surface area contributed by atoms with Crippen molar-refractivity contribution in [3.63, 3.8) is 0 Å². The molecule has 1 aromatic rings. The lowest BCUT2D eigenvalue weighted by Gasteiger charge is -2.12. The van der Waals surface area contributed by atoms with E-state index in [1.165, 1.54) is 18.4 Å². The Morgan fingerprint density at radius 3 is 2.80 bits per heavy atom. The van der Waals surface area contributed by atoms with Crippen molar-refractivity contribution >= 4 is 5.97 Å². The molecule has 0 heterocycles. The third-order valence-corrected chi connectivity index (χ3v) is 2.83. The molecule has 1 aliphatic carbocycles. The van der Waals surface area contributed by atoms with Crippen LogP contribution in [0.3, 0.4) is 0 Å². The second-order valence-corrected chi connectivity index (χ2v) is 4.00. The number of carboxylic acid groups (broad SMARTS) is 1. The summed E-state index contributed by atoms with van der Waals surface area (Å²) in [5, 5.41) is 11.8. The summed E-state index contributed by atoms with van der Waals surface area (Å²) >= 11 is 0. The van der Waals surface area contributed by atoms with E-state index in [2.05, 4.69) is 11.4 Å². The lowest BCUT2D eigenvalue weighted by Crippen LogP contribution is -2.24. The summed E-state index contributed by atoms with van der Waals surface area (Å²) in [5.74, 6) is -0.165. The van der Waals surface area contributed by atoms with Crippen molar-refractivity contribution in [2.75, 3.05) is 7.05 Å². The van der Waals surface area contributed by atoms with Crippen LogP contribution in [0.25, 0.3) is 0 Å². The lowest BCUT2D eigenvalue weighted by atomic mass is 10.0. The predicted molar refractivity (Wildman–Crippen MR) is 57.9 cm³/mol. The fourth-order valence-electron chi connectivity index (χ4n) is 1.84. The van der Waals surface area contributed by atoms with Crippen molar-refractivity contribution < 1.29 is 9.90 Å². The smallest absolute Gasteiger partial charge is 0.325 e. The Balaban J connectivity index is 2.25. The first-order chi connectivity index (χ1) is 7.22. The first-order valence-corrected chi connectivity index (χ1v) is 5.22. The third kappa shape index (κ3) is 2.18. The molecule has 3 heteroatoms. The van der Waals surface area contributed by atoms with Gasteiger partial charge < -0.3 is 10.4 Å². The van der Waals surface area contributed by atoms with Crippen LogP contribution in [0.1, 0.15) is 35.9 Å². The van der Waals surface area contributed by atoms with Crippen molar-refractivity contribution in [2.45, 2.75) is 24.8 Å². The van der Waals surface area contributed by atoms with Crippen LogP contribution in [0.5, 0.6) is 0 Å². The number of hydrogen-bond acceptors (Lipinski definition) is 2. The topological polar surface area (TPSA) is 49.3 Å². The van der Waals surface area contributed by atoms with Gasteiger partial charge in [0, 0.05) is 0 Å². The summed E-state index contributed by atoms with van der Waals surface area (Å²) in [6.45, 7) is 0. The van der Waals surface area contributed by atoms with Gasteiger partial charge >= 0.3 is 5.97 Å². The molecule has 15 heavy (non-hydrogen) atoms. The quantitative estimate of drug-likeness (QED) is 0.789. The summed E-state index contributed by atoms with van der Waals surface area (Å²) < 4.78 is 0. The number of hydrogen-bond donors (Lipinski definition) is 2.